The highest BCUT2D eigenvalue weighted by Gasteiger charge is 2.10. The molecule has 0 radical (unpaired) electrons. The largest absolute Gasteiger partial charge is 0.357 e. The topological polar surface area (TPSA) is 74.5 Å². The van der Waals surface area contributed by atoms with Gasteiger partial charge >= 0.3 is 0 Å². The zero-order valence-electron chi connectivity index (χ0n) is 15.7. The van der Waals surface area contributed by atoms with Gasteiger partial charge in [-0.05, 0) is 6.92 Å². The summed E-state index contributed by atoms with van der Waals surface area (Å²) in [6, 6.07) is 10.0. The number of hydrogen-bond acceptors (Lipinski definition) is 3. The molecule has 7 nitrogen and oxygen atoms in total. The number of benzene rings is 1. The van der Waals surface area contributed by atoms with E-state index in [0.29, 0.717) is 12.5 Å². The maximum Gasteiger partial charge on any atom is 0.241 e. The van der Waals surface area contributed by atoms with Crippen LogP contribution in [0.4, 0.5) is 0 Å². The number of likely N-dealkylation sites (N-methyl/N-ethyl adjacent to an activating group) is 1. The standard InChI is InChI=1S/C18H26N6O.HI/c1-5-19-18(21-12-16(25)23(2)3)20-11-15-13-24(4)22-17(15)14-9-7-6-8-10-14;/h6-10,13H,5,11-12H2,1-4H3,(H2,19,20,21);1H. The van der Waals surface area contributed by atoms with Crippen LogP contribution in [0.2, 0.25) is 0 Å². The summed E-state index contributed by atoms with van der Waals surface area (Å²) in [7, 11) is 5.37. The van der Waals surface area contributed by atoms with E-state index in [4.69, 9.17) is 0 Å². The monoisotopic (exact) mass is 470 g/mol. The van der Waals surface area contributed by atoms with Gasteiger partial charge < -0.3 is 15.5 Å². The number of aryl methyl sites for hydroxylation is 1. The first-order chi connectivity index (χ1) is 12.0. The average molecular weight is 470 g/mol. The van der Waals surface area contributed by atoms with Crippen molar-refractivity contribution in [2.75, 3.05) is 27.2 Å². The Kier molecular flexibility index (Phi) is 9.11. The van der Waals surface area contributed by atoms with Crippen LogP contribution in [-0.4, -0.2) is 53.7 Å². The molecule has 0 aliphatic carbocycles. The Morgan fingerprint density at radius 2 is 1.92 bits per heavy atom. The Morgan fingerprint density at radius 1 is 1.23 bits per heavy atom. The third-order valence-electron chi connectivity index (χ3n) is 3.61. The van der Waals surface area contributed by atoms with Gasteiger partial charge in [-0.3, -0.25) is 9.48 Å². The van der Waals surface area contributed by atoms with E-state index in [1.807, 2.05) is 50.5 Å². The van der Waals surface area contributed by atoms with Gasteiger partial charge in [-0.2, -0.15) is 5.10 Å². The molecule has 1 amide bonds. The molecule has 1 heterocycles. The summed E-state index contributed by atoms with van der Waals surface area (Å²) >= 11 is 0. The fourth-order valence-electron chi connectivity index (χ4n) is 2.32. The number of aliphatic imine (C=N–C) groups is 1. The predicted molar refractivity (Wildman–Crippen MR) is 116 cm³/mol. The van der Waals surface area contributed by atoms with E-state index in [0.717, 1.165) is 23.4 Å². The highest BCUT2D eigenvalue weighted by Crippen LogP contribution is 2.22. The maximum absolute atomic E-state index is 11.7. The Labute approximate surface area is 171 Å². The van der Waals surface area contributed by atoms with Crippen LogP contribution in [-0.2, 0) is 18.4 Å². The first kappa shape index (κ1) is 21.9. The minimum atomic E-state index is -0.00282. The minimum absolute atomic E-state index is 0. The summed E-state index contributed by atoms with van der Waals surface area (Å²) in [5, 5.41) is 10.8. The number of carbonyl (C=O) groups is 1. The summed E-state index contributed by atoms with van der Waals surface area (Å²) in [4.78, 5) is 17.9. The number of nitrogens with one attached hydrogen (secondary N) is 2. The first-order valence-corrected chi connectivity index (χ1v) is 8.31. The lowest BCUT2D eigenvalue weighted by Crippen LogP contribution is -2.42. The van der Waals surface area contributed by atoms with Crippen LogP contribution in [0.25, 0.3) is 11.3 Å². The second kappa shape index (κ2) is 10.8. The molecule has 0 aliphatic heterocycles. The Hall–Kier alpha value is -2.10. The zero-order valence-corrected chi connectivity index (χ0v) is 18.0. The lowest BCUT2D eigenvalue weighted by Gasteiger charge is -2.14. The van der Waals surface area contributed by atoms with Gasteiger partial charge in [-0.25, -0.2) is 4.99 Å². The molecule has 0 saturated carbocycles. The number of aromatic nitrogens is 2. The van der Waals surface area contributed by atoms with E-state index >= 15 is 0 Å². The van der Waals surface area contributed by atoms with Gasteiger partial charge in [0.05, 0.1) is 18.8 Å². The normalized spacial score (nSPS) is 10.8. The van der Waals surface area contributed by atoms with Gasteiger partial charge in [0.2, 0.25) is 5.91 Å². The van der Waals surface area contributed by atoms with E-state index in [2.05, 4.69) is 20.7 Å². The number of guanidine groups is 1. The number of amides is 1. The molecule has 0 atom stereocenters. The molecule has 0 saturated heterocycles. The lowest BCUT2D eigenvalue weighted by atomic mass is 10.1. The Balaban J connectivity index is 0.00000338. The van der Waals surface area contributed by atoms with Crippen LogP contribution < -0.4 is 10.6 Å². The van der Waals surface area contributed by atoms with Crippen molar-refractivity contribution in [3.8, 4) is 11.3 Å². The van der Waals surface area contributed by atoms with Crippen LogP contribution in [0, 0.1) is 0 Å². The molecule has 1 aromatic carbocycles. The summed E-state index contributed by atoms with van der Waals surface area (Å²) < 4.78 is 1.79. The van der Waals surface area contributed by atoms with Crippen LogP contribution >= 0.6 is 24.0 Å². The van der Waals surface area contributed by atoms with Crippen molar-refractivity contribution < 1.29 is 4.79 Å². The van der Waals surface area contributed by atoms with Gasteiger partial charge in [0.25, 0.3) is 0 Å². The summed E-state index contributed by atoms with van der Waals surface area (Å²) in [6.45, 7) is 3.39. The number of halogens is 1. The molecule has 8 heteroatoms. The van der Waals surface area contributed by atoms with Crippen molar-refractivity contribution in [2.24, 2.45) is 12.0 Å². The van der Waals surface area contributed by atoms with E-state index < -0.39 is 0 Å². The molecule has 142 valence electrons. The van der Waals surface area contributed by atoms with Crippen molar-refractivity contribution in [1.29, 1.82) is 0 Å². The van der Waals surface area contributed by atoms with Crippen molar-refractivity contribution in [3.63, 3.8) is 0 Å². The summed E-state index contributed by atoms with van der Waals surface area (Å²) in [6.07, 6.45) is 1.97. The quantitative estimate of drug-likeness (QED) is 0.384. The first-order valence-electron chi connectivity index (χ1n) is 8.31. The maximum atomic E-state index is 11.7. The third kappa shape index (κ3) is 6.32. The van der Waals surface area contributed by atoms with Gasteiger partial charge in [0.15, 0.2) is 5.96 Å². The molecule has 2 N–H and O–H groups in total. The second-order valence-corrected chi connectivity index (χ2v) is 5.88. The fourth-order valence-corrected chi connectivity index (χ4v) is 2.32. The smallest absolute Gasteiger partial charge is 0.241 e. The van der Waals surface area contributed by atoms with Crippen LogP contribution in [0.15, 0.2) is 41.5 Å². The van der Waals surface area contributed by atoms with Crippen LogP contribution in [0.5, 0.6) is 0 Å². The van der Waals surface area contributed by atoms with Crippen molar-refractivity contribution in [3.05, 3.63) is 42.1 Å². The highest BCUT2D eigenvalue weighted by atomic mass is 127. The van der Waals surface area contributed by atoms with Crippen molar-refractivity contribution >= 4 is 35.8 Å². The Morgan fingerprint density at radius 3 is 2.54 bits per heavy atom. The fraction of sp³-hybridized carbons (Fsp3) is 0.389. The molecule has 2 aromatic rings. The molecule has 2 rings (SSSR count). The van der Waals surface area contributed by atoms with E-state index in [1.165, 1.54) is 0 Å². The third-order valence-corrected chi connectivity index (χ3v) is 3.61. The molecule has 0 fully saturated rings. The average Bonchev–Trinajstić information content (AvgIpc) is 2.98. The predicted octanol–water partition coefficient (Wildman–Crippen LogP) is 1.85. The van der Waals surface area contributed by atoms with E-state index in [-0.39, 0.29) is 36.4 Å². The molecule has 1 aromatic heterocycles. The number of nitrogens with zero attached hydrogens (tertiary/aromatic N) is 4. The molecule has 0 unspecified atom stereocenters. The molecular formula is C18H27IN6O. The Bertz CT molecular complexity index is 727. The molecule has 26 heavy (non-hydrogen) atoms. The lowest BCUT2D eigenvalue weighted by molar-refractivity contribution is -0.127. The number of hydrogen-bond donors (Lipinski definition) is 2. The molecule has 0 spiro atoms. The molecule has 0 bridgehead atoms. The van der Waals surface area contributed by atoms with Gasteiger partial charge in [-0.15, -0.1) is 24.0 Å². The van der Waals surface area contributed by atoms with Gasteiger partial charge in [0, 0.05) is 45.0 Å². The zero-order chi connectivity index (χ0) is 18.2. The van der Waals surface area contributed by atoms with Gasteiger partial charge in [-0.1, -0.05) is 30.3 Å². The van der Waals surface area contributed by atoms with E-state index in [1.54, 1.807) is 23.7 Å². The molecule has 0 aliphatic rings. The van der Waals surface area contributed by atoms with Crippen molar-refractivity contribution in [1.82, 2.24) is 25.3 Å². The van der Waals surface area contributed by atoms with Crippen LogP contribution in [0.3, 0.4) is 0 Å². The number of rotatable bonds is 6. The van der Waals surface area contributed by atoms with Gasteiger partial charge in [0.1, 0.15) is 0 Å². The summed E-state index contributed by atoms with van der Waals surface area (Å²) in [5.41, 5.74) is 3.02. The van der Waals surface area contributed by atoms with E-state index in [9.17, 15) is 4.79 Å². The summed E-state index contributed by atoms with van der Waals surface area (Å²) in [5.74, 6) is 0.609. The number of carbonyl (C=O) groups excluding carboxylic acids is 1. The van der Waals surface area contributed by atoms with Crippen molar-refractivity contribution in [2.45, 2.75) is 13.5 Å². The SMILES string of the molecule is CCNC(=NCc1cn(C)nc1-c1ccccc1)NCC(=O)N(C)C.I. The highest BCUT2D eigenvalue weighted by molar-refractivity contribution is 14.0. The second-order valence-electron chi connectivity index (χ2n) is 5.88. The molecular weight excluding hydrogens is 443 g/mol. The van der Waals surface area contributed by atoms with Crippen LogP contribution in [0.1, 0.15) is 12.5 Å². The minimum Gasteiger partial charge on any atom is -0.357 e.